The van der Waals surface area contributed by atoms with E-state index in [1.54, 1.807) is 0 Å². The van der Waals surface area contributed by atoms with Gasteiger partial charge in [0.15, 0.2) is 17.5 Å². The molecule has 0 radical (unpaired) electrons. The molecule has 1 aromatic rings. The predicted molar refractivity (Wildman–Crippen MR) is 61.0 cm³/mol. The fourth-order valence-corrected chi connectivity index (χ4v) is 1.72. The SMILES string of the molecule is Nc1ccc(C2=C(F)C(F)C(N)(F)C(F)=C2F)cc1. The first-order valence-electron chi connectivity index (χ1n) is 5.20. The molecule has 2 unspecified atom stereocenters. The lowest BCUT2D eigenvalue weighted by atomic mass is 9.91. The van der Waals surface area contributed by atoms with Crippen molar-refractivity contribution in [3.8, 4) is 0 Å². The topological polar surface area (TPSA) is 52.0 Å². The third-order valence-corrected chi connectivity index (χ3v) is 2.78. The molecule has 0 heterocycles. The number of nitrogens with two attached hydrogens (primary N) is 2. The molecule has 102 valence electrons. The quantitative estimate of drug-likeness (QED) is 0.470. The zero-order valence-corrected chi connectivity index (χ0v) is 9.43. The van der Waals surface area contributed by atoms with Gasteiger partial charge in [-0.15, -0.1) is 0 Å². The number of anilines is 1. The normalized spacial score (nSPS) is 28.0. The average Bonchev–Trinajstić information content (AvgIpc) is 2.37. The van der Waals surface area contributed by atoms with E-state index < -0.39 is 35.0 Å². The minimum Gasteiger partial charge on any atom is -0.399 e. The number of hydrogen-bond donors (Lipinski definition) is 2. The largest absolute Gasteiger partial charge is 0.399 e. The van der Waals surface area contributed by atoms with E-state index in [1.165, 1.54) is 12.1 Å². The first kappa shape index (κ1) is 13.5. The molecule has 2 atom stereocenters. The fraction of sp³-hybridized carbons (Fsp3) is 0.167. The Morgan fingerprint density at radius 3 is 2.11 bits per heavy atom. The number of hydrogen-bond acceptors (Lipinski definition) is 2. The second-order valence-electron chi connectivity index (χ2n) is 4.10. The molecule has 2 nitrogen and oxygen atoms in total. The van der Waals surface area contributed by atoms with Gasteiger partial charge in [0.2, 0.25) is 6.17 Å². The summed E-state index contributed by atoms with van der Waals surface area (Å²) in [5.74, 6) is -9.67. The molecule has 0 bridgehead atoms. The molecule has 1 aliphatic carbocycles. The molecule has 2 rings (SSSR count). The second-order valence-corrected chi connectivity index (χ2v) is 4.10. The average molecular weight is 276 g/mol. The highest BCUT2D eigenvalue weighted by atomic mass is 19.2. The van der Waals surface area contributed by atoms with E-state index in [-0.39, 0.29) is 5.56 Å². The summed E-state index contributed by atoms with van der Waals surface area (Å²) in [6.45, 7) is 0. The van der Waals surface area contributed by atoms with Gasteiger partial charge in [-0.05, 0) is 17.7 Å². The smallest absolute Gasteiger partial charge is 0.251 e. The van der Waals surface area contributed by atoms with Crippen LogP contribution in [0.4, 0.5) is 27.6 Å². The maximum atomic E-state index is 13.7. The number of alkyl halides is 2. The molecule has 1 aromatic carbocycles. The van der Waals surface area contributed by atoms with Gasteiger partial charge in [-0.25, -0.2) is 22.0 Å². The van der Waals surface area contributed by atoms with Crippen LogP contribution in [0, 0.1) is 0 Å². The zero-order valence-electron chi connectivity index (χ0n) is 9.43. The van der Waals surface area contributed by atoms with Crippen molar-refractivity contribution in [2.24, 2.45) is 5.73 Å². The lowest BCUT2D eigenvalue weighted by Crippen LogP contribution is -2.48. The van der Waals surface area contributed by atoms with Gasteiger partial charge in [0.25, 0.3) is 5.79 Å². The summed E-state index contributed by atoms with van der Waals surface area (Å²) in [6, 6.07) is 4.89. The van der Waals surface area contributed by atoms with Crippen LogP contribution in [0.3, 0.4) is 0 Å². The Hall–Kier alpha value is -1.89. The Morgan fingerprint density at radius 2 is 1.58 bits per heavy atom. The molecule has 0 spiro atoms. The van der Waals surface area contributed by atoms with Crippen molar-refractivity contribution in [2.45, 2.75) is 12.0 Å². The Morgan fingerprint density at radius 1 is 1.05 bits per heavy atom. The Kier molecular flexibility index (Phi) is 3.09. The van der Waals surface area contributed by atoms with E-state index in [0.29, 0.717) is 5.69 Å². The summed E-state index contributed by atoms with van der Waals surface area (Å²) in [4.78, 5) is 0. The fourth-order valence-electron chi connectivity index (χ4n) is 1.72. The molecule has 4 N–H and O–H groups in total. The maximum absolute atomic E-state index is 13.7. The van der Waals surface area contributed by atoms with Crippen LogP contribution in [-0.4, -0.2) is 12.0 Å². The van der Waals surface area contributed by atoms with Crippen LogP contribution in [0.5, 0.6) is 0 Å². The van der Waals surface area contributed by atoms with Crippen molar-refractivity contribution < 1.29 is 22.0 Å². The number of nitrogen functional groups attached to an aromatic ring is 1. The minimum absolute atomic E-state index is 0.169. The van der Waals surface area contributed by atoms with Crippen LogP contribution in [0.2, 0.25) is 0 Å². The number of benzene rings is 1. The molecular formula is C12H9F5N2. The molecular weight excluding hydrogens is 267 g/mol. The monoisotopic (exact) mass is 276 g/mol. The summed E-state index contributed by atoms with van der Waals surface area (Å²) in [5, 5.41) is 0. The first-order valence-corrected chi connectivity index (χ1v) is 5.20. The minimum atomic E-state index is -3.84. The van der Waals surface area contributed by atoms with Gasteiger partial charge in [-0.3, -0.25) is 5.73 Å². The van der Waals surface area contributed by atoms with Crippen molar-refractivity contribution in [3.05, 3.63) is 47.3 Å². The van der Waals surface area contributed by atoms with Crippen LogP contribution in [0.15, 0.2) is 41.7 Å². The first-order chi connectivity index (χ1) is 8.76. The Bertz CT molecular complexity index is 574. The Labute approximate surface area is 105 Å². The van der Waals surface area contributed by atoms with E-state index in [2.05, 4.69) is 5.73 Å². The third kappa shape index (κ3) is 1.99. The van der Waals surface area contributed by atoms with E-state index in [0.717, 1.165) is 12.1 Å². The second kappa shape index (κ2) is 4.34. The summed E-state index contributed by atoms with van der Waals surface area (Å²) in [5.41, 5.74) is 9.11. The highest BCUT2D eigenvalue weighted by Gasteiger charge is 2.51. The molecule has 7 heteroatoms. The molecule has 0 saturated heterocycles. The maximum Gasteiger partial charge on any atom is 0.251 e. The van der Waals surface area contributed by atoms with Crippen molar-refractivity contribution in [1.82, 2.24) is 0 Å². The molecule has 0 aliphatic heterocycles. The number of allylic oxidation sites excluding steroid dienone is 2. The van der Waals surface area contributed by atoms with Gasteiger partial charge in [-0.1, -0.05) is 12.1 Å². The lowest BCUT2D eigenvalue weighted by Gasteiger charge is -2.27. The van der Waals surface area contributed by atoms with Gasteiger partial charge in [0.1, 0.15) is 0 Å². The van der Waals surface area contributed by atoms with Gasteiger partial charge in [0, 0.05) is 5.69 Å². The Balaban J connectivity index is 2.62. The van der Waals surface area contributed by atoms with Crippen LogP contribution >= 0.6 is 0 Å². The van der Waals surface area contributed by atoms with Gasteiger partial charge < -0.3 is 5.73 Å². The van der Waals surface area contributed by atoms with Crippen LogP contribution in [0.25, 0.3) is 5.57 Å². The summed E-state index contributed by atoms with van der Waals surface area (Å²) in [6.07, 6.45) is -3.11. The van der Waals surface area contributed by atoms with E-state index in [9.17, 15) is 22.0 Å². The van der Waals surface area contributed by atoms with Crippen LogP contribution < -0.4 is 11.5 Å². The summed E-state index contributed by atoms with van der Waals surface area (Å²) >= 11 is 0. The van der Waals surface area contributed by atoms with Gasteiger partial charge >= 0.3 is 0 Å². The van der Waals surface area contributed by atoms with Crippen molar-refractivity contribution in [3.63, 3.8) is 0 Å². The van der Waals surface area contributed by atoms with Crippen molar-refractivity contribution >= 4 is 11.3 Å². The standard InChI is InChI=1S/C12H9F5N2/c13-8-7(5-1-3-6(18)4-2-5)9(14)11(16)12(17,19)10(8)15/h1-4,10H,18-19H2. The van der Waals surface area contributed by atoms with E-state index in [4.69, 9.17) is 5.73 Å². The van der Waals surface area contributed by atoms with Crippen molar-refractivity contribution in [1.29, 1.82) is 0 Å². The molecule has 0 aromatic heterocycles. The zero-order chi connectivity index (χ0) is 14.4. The lowest BCUT2D eigenvalue weighted by molar-refractivity contribution is 0.0692. The van der Waals surface area contributed by atoms with Crippen LogP contribution in [-0.2, 0) is 0 Å². The molecule has 0 amide bonds. The van der Waals surface area contributed by atoms with Gasteiger partial charge in [-0.2, -0.15) is 0 Å². The molecule has 0 saturated carbocycles. The number of rotatable bonds is 1. The molecule has 19 heavy (non-hydrogen) atoms. The van der Waals surface area contributed by atoms with Gasteiger partial charge in [0.05, 0.1) is 5.57 Å². The highest BCUT2D eigenvalue weighted by Crippen LogP contribution is 2.44. The van der Waals surface area contributed by atoms with E-state index in [1.807, 2.05) is 0 Å². The summed E-state index contributed by atoms with van der Waals surface area (Å²) < 4.78 is 67.4. The summed E-state index contributed by atoms with van der Waals surface area (Å²) in [7, 11) is 0. The van der Waals surface area contributed by atoms with Crippen molar-refractivity contribution in [2.75, 3.05) is 5.73 Å². The predicted octanol–water partition coefficient (Wildman–Crippen LogP) is 3.08. The van der Waals surface area contributed by atoms with Crippen LogP contribution in [0.1, 0.15) is 5.56 Å². The third-order valence-electron chi connectivity index (χ3n) is 2.78. The molecule has 0 fully saturated rings. The highest BCUT2D eigenvalue weighted by molar-refractivity contribution is 5.82. The number of halogens is 5. The van der Waals surface area contributed by atoms with E-state index >= 15 is 0 Å². The molecule has 1 aliphatic rings.